The molecular formula is C21H14Cl2N2O3S. The average molecular weight is 445 g/mol. The number of aromatic hydroxyl groups is 1. The maximum Gasteiger partial charge on any atom is 0.344 e. The van der Waals surface area contributed by atoms with Crippen molar-refractivity contribution in [2.24, 2.45) is 4.99 Å². The van der Waals surface area contributed by atoms with Gasteiger partial charge in [-0.3, -0.25) is 4.99 Å². The number of hydrogen-bond donors (Lipinski definition) is 2. The Balaban J connectivity index is 1.77. The molecule has 2 aromatic carbocycles. The Morgan fingerprint density at radius 3 is 2.76 bits per heavy atom. The summed E-state index contributed by atoms with van der Waals surface area (Å²) in [5.41, 5.74) is 3.34. The van der Waals surface area contributed by atoms with Gasteiger partial charge in [0.15, 0.2) is 0 Å². The summed E-state index contributed by atoms with van der Waals surface area (Å²) in [5.74, 6) is -0.804. The minimum absolute atomic E-state index is 0.0543. The number of thiophene rings is 1. The molecule has 0 bridgehead atoms. The molecule has 2 heterocycles. The molecule has 5 nitrogen and oxygen atoms in total. The Kier molecular flexibility index (Phi) is 5.32. The zero-order chi connectivity index (χ0) is 20.5. The lowest BCUT2D eigenvalue weighted by atomic mass is 10.1. The minimum Gasteiger partial charge on any atom is -0.505 e. The molecule has 0 radical (unpaired) electrons. The highest BCUT2D eigenvalue weighted by molar-refractivity contribution is 7.18. The highest BCUT2D eigenvalue weighted by Gasteiger charge is 2.25. The number of nitrogens with one attached hydrogen (secondary N) is 1. The molecule has 4 rings (SSSR count). The first-order valence-electron chi connectivity index (χ1n) is 8.49. The number of aliphatic imine (C=N–C) groups is 1. The fourth-order valence-corrected chi connectivity index (χ4v) is 4.27. The summed E-state index contributed by atoms with van der Waals surface area (Å²) in [4.78, 5) is 17.2. The molecule has 0 amide bonds. The first-order chi connectivity index (χ1) is 14.0. The molecule has 3 aromatic rings. The summed E-state index contributed by atoms with van der Waals surface area (Å²) in [6.07, 6.45) is 3.52. The van der Waals surface area contributed by atoms with Crippen molar-refractivity contribution in [2.45, 2.75) is 0 Å². The maximum absolute atomic E-state index is 12.3. The molecule has 0 spiro atoms. The number of rotatable bonds is 4. The normalized spacial score (nSPS) is 13.6. The summed E-state index contributed by atoms with van der Waals surface area (Å²) in [6, 6.07) is 12.7. The number of esters is 1. The summed E-state index contributed by atoms with van der Waals surface area (Å²) >= 11 is 13.3. The number of carbonyl (C=O) groups excluding carboxylic acids is 1. The second kappa shape index (κ2) is 7.91. The van der Waals surface area contributed by atoms with Crippen LogP contribution in [0.5, 0.6) is 5.75 Å². The second-order valence-corrected chi connectivity index (χ2v) is 8.01. The zero-order valence-electron chi connectivity index (χ0n) is 15.1. The van der Waals surface area contributed by atoms with E-state index in [0.717, 1.165) is 16.8 Å². The van der Waals surface area contributed by atoms with Gasteiger partial charge in [-0.2, -0.15) is 0 Å². The van der Waals surface area contributed by atoms with Gasteiger partial charge in [0.1, 0.15) is 16.3 Å². The van der Waals surface area contributed by atoms with Gasteiger partial charge in [0, 0.05) is 23.0 Å². The first-order valence-corrected chi connectivity index (χ1v) is 10.1. The van der Waals surface area contributed by atoms with Gasteiger partial charge in [-0.25, -0.2) is 4.79 Å². The summed E-state index contributed by atoms with van der Waals surface area (Å²) in [5, 5.41) is 15.1. The molecule has 2 N–H and O–H groups in total. The van der Waals surface area contributed by atoms with Crippen molar-refractivity contribution in [1.82, 2.24) is 0 Å². The number of allylic oxidation sites excluding steroid dienone is 1. The summed E-state index contributed by atoms with van der Waals surface area (Å²) in [6.45, 7) is 0. The maximum atomic E-state index is 12.3. The third-order valence-corrected chi connectivity index (χ3v) is 6.10. The number of anilines is 2. The van der Waals surface area contributed by atoms with E-state index >= 15 is 0 Å². The fourth-order valence-electron chi connectivity index (χ4n) is 2.92. The van der Waals surface area contributed by atoms with Crippen molar-refractivity contribution >= 4 is 74.7 Å². The SMILES string of the molecule is COC(=O)c1c(Nc2ccc(Cl)c(Cl)c2)sc(/C=C2/C=Nc3ccccc32)c1O. The molecule has 0 saturated heterocycles. The minimum atomic E-state index is -0.647. The predicted molar refractivity (Wildman–Crippen MR) is 120 cm³/mol. The zero-order valence-corrected chi connectivity index (χ0v) is 17.4. The standard InChI is InChI=1S/C21H14Cl2N2O3S/c1-28-21(27)18-19(26)17(8-11-10-24-16-5-3-2-4-13(11)16)29-20(18)25-12-6-7-14(22)15(23)9-12/h2-10,25-26H,1H3/b11-8-. The molecule has 1 aromatic heterocycles. The number of ether oxygens (including phenoxy) is 1. The predicted octanol–water partition coefficient (Wildman–Crippen LogP) is 6.55. The van der Waals surface area contributed by atoms with Crippen LogP contribution in [-0.2, 0) is 4.74 Å². The number of halogens is 2. The van der Waals surface area contributed by atoms with Crippen LogP contribution in [0.1, 0.15) is 20.8 Å². The van der Waals surface area contributed by atoms with Gasteiger partial charge >= 0.3 is 5.97 Å². The number of nitrogens with zero attached hydrogens (tertiary/aromatic N) is 1. The molecule has 1 aliphatic rings. The van der Waals surface area contributed by atoms with Crippen molar-refractivity contribution in [3.8, 4) is 5.75 Å². The molecule has 0 aliphatic carbocycles. The molecule has 0 atom stereocenters. The molecule has 0 fully saturated rings. The largest absolute Gasteiger partial charge is 0.505 e. The smallest absolute Gasteiger partial charge is 0.344 e. The van der Waals surface area contributed by atoms with Gasteiger partial charge in [-0.1, -0.05) is 41.4 Å². The number of methoxy groups -OCH3 is 1. The van der Waals surface area contributed by atoms with Crippen LogP contribution < -0.4 is 5.32 Å². The van der Waals surface area contributed by atoms with Crippen LogP contribution in [0.3, 0.4) is 0 Å². The van der Waals surface area contributed by atoms with E-state index in [-0.39, 0.29) is 11.3 Å². The van der Waals surface area contributed by atoms with E-state index in [1.54, 1.807) is 30.5 Å². The van der Waals surface area contributed by atoms with Crippen molar-refractivity contribution in [3.63, 3.8) is 0 Å². The summed E-state index contributed by atoms with van der Waals surface area (Å²) in [7, 11) is 1.26. The first kappa shape index (κ1) is 19.5. The van der Waals surface area contributed by atoms with E-state index in [1.165, 1.54) is 18.4 Å². The number of carbonyl (C=O) groups is 1. The Bertz CT molecular complexity index is 1180. The molecule has 29 heavy (non-hydrogen) atoms. The Hall–Kier alpha value is -2.80. The van der Waals surface area contributed by atoms with Crippen molar-refractivity contribution in [3.05, 3.63) is 68.5 Å². The van der Waals surface area contributed by atoms with E-state index in [0.29, 0.717) is 25.6 Å². The van der Waals surface area contributed by atoms with E-state index in [1.807, 2.05) is 24.3 Å². The van der Waals surface area contributed by atoms with Crippen molar-refractivity contribution in [1.29, 1.82) is 0 Å². The van der Waals surface area contributed by atoms with Gasteiger partial charge in [0.2, 0.25) is 0 Å². The Morgan fingerprint density at radius 2 is 2.00 bits per heavy atom. The van der Waals surface area contributed by atoms with Crippen LogP contribution in [0.4, 0.5) is 16.4 Å². The molecular weight excluding hydrogens is 431 g/mol. The van der Waals surface area contributed by atoms with Crippen LogP contribution in [0.25, 0.3) is 11.6 Å². The van der Waals surface area contributed by atoms with Gasteiger partial charge in [-0.15, -0.1) is 11.3 Å². The fraction of sp³-hybridized carbons (Fsp3) is 0.0476. The topological polar surface area (TPSA) is 70.9 Å². The second-order valence-electron chi connectivity index (χ2n) is 6.14. The van der Waals surface area contributed by atoms with Gasteiger partial charge in [0.05, 0.1) is 27.7 Å². The Labute approximate surface area is 180 Å². The van der Waals surface area contributed by atoms with Crippen LogP contribution in [0.2, 0.25) is 10.0 Å². The Morgan fingerprint density at radius 1 is 1.21 bits per heavy atom. The van der Waals surface area contributed by atoms with E-state index in [9.17, 15) is 9.90 Å². The quantitative estimate of drug-likeness (QED) is 0.447. The highest BCUT2D eigenvalue weighted by atomic mass is 35.5. The third kappa shape index (κ3) is 3.74. The van der Waals surface area contributed by atoms with Gasteiger partial charge in [-0.05, 0) is 30.3 Å². The van der Waals surface area contributed by atoms with Crippen LogP contribution >= 0.6 is 34.5 Å². The van der Waals surface area contributed by atoms with Crippen molar-refractivity contribution < 1.29 is 14.6 Å². The lowest BCUT2D eigenvalue weighted by molar-refractivity contribution is 0.0599. The average Bonchev–Trinajstić information content (AvgIpc) is 3.26. The monoisotopic (exact) mass is 444 g/mol. The van der Waals surface area contributed by atoms with Gasteiger partial charge < -0.3 is 15.2 Å². The van der Waals surface area contributed by atoms with Crippen LogP contribution in [0.15, 0.2) is 47.5 Å². The number of fused-ring (bicyclic) bond motifs is 1. The number of hydrogen-bond acceptors (Lipinski definition) is 6. The third-order valence-electron chi connectivity index (χ3n) is 4.32. The molecule has 146 valence electrons. The number of benzene rings is 2. The van der Waals surface area contributed by atoms with E-state index in [4.69, 9.17) is 27.9 Å². The van der Waals surface area contributed by atoms with Crippen LogP contribution in [0, 0.1) is 0 Å². The number of para-hydroxylation sites is 1. The molecule has 1 aliphatic heterocycles. The highest BCUT2D eigenvalue weighted by Crippen LogP contribution is 2.44. The van der Waals surface area contributed by atoms with Crippen LogP contribution in [-0.4, -0.2) is 24.4 Å². The molecule has 0 saturated carbocycles. The summed E-state index contributed by atoms with van der Waals surface area (Å²) < 4.78 is 4.85. The molecule has 8 heteroatoms. The molecule has 0 unspecified atom stereocenters. The van der Waals surface area contributed by atoms with E-state index < -0.39 is 5.97 Å². The lowest BCUT2D eigenvalue weighted by Gasteiger charge is -2.07. The lowest BCUT2D eigenvalue weighted by Crippen LogP contribution is -2.03. The van der Waals surface area contributed by atoms with Crippen molar-refractivity contribution in [2.75, 3.05) is 12.4 Å². The van der Waals surface area contributed by atoms with Gasteiger partial charge in [0.25, 0.3) is 0 Å². The van der Waals surface area contributed by atoms with E-state index in [2.05, 4.69) is 10.3 Å².